The van der Waals surface area contributed by atoms with Gasteiger partial charge < -0.3 is 25.4 Å². The van der Waals surface area contributed by atoms with Gasteiger partial charge in [0.2, 0.25) is 6.41 Å². The van der Waals surface area contributed by atoms with Gasteiger partial charge in [-0.1, -0.05) is 6.92 Å². The fraction of sp³-hybridized carbons (Fsp3) is 0.778. The predicted octanol–water partition coefficient (Wildman–Crippen LogP) is -1.43. The Bertz CT molecular complexity index is 315. The first kappa shape index (κ1) is 17.9. The Morgan fingerprint density at radius 3 is 2.58 bits per heavy atom. The Balaban J connectivity index is 4.34. The lowest BCUT2D eigenvalue weighted by Gasteiger charge is -2.20. The van der Waals surface area contributed by atoms with E-state index in [4.69, 9.17) is 33.0 Å². The van der Waals surface area contributed by atoms with E-state index in [0.29, 0.717) is 0 Å². The van der Waals surface area contributed by atoms with Crippen molar-refractivity contribution in [2.75, 3.05) is 13.6 Å². The van der Waals surface area contributed by atoms with Gasteiger partial charge in [0.1, 0.15) is 17.9 Å². The van der Waals surface area contributed by atoms with Gasteiger partial charge in [-0.05, 0) is 12.3 Å². The molecule has 0 saturated heterocycles. The third-order valence-electron chi connectivity index (χ3n) is 2.43. The monoisotopic (exact) mass is 298 g/mol. The predicted molar refractivity (Wildman–Crippen MR) is 66.9 cm³/mol. The summed E-state index contributed by atoms with van der Waals surface area (Å²) < 4.78 is 3.98. The van der Waals surface area contributed by atoms with Gasteiger partial charge in [-0.3, -0.25) is 9.89 Å². The van der Waals surface area contributed by atoms with Crippen molar-refractivity contribution in [3.63, 3.8) is 0 Å². The van der Waals surface area contributed by atoms with Gasteiger partial charge in [-0.15, -0.1) is 0 Å². The van der Waals surface area contributed by atoms with Crippen molar-refractivity contribution in [1.82, 2.24) is 10.4 Å². The molecule has 112 valence electrons. The van der Waals surface area contributed by atoms with Crippen molar-refractivity contribution < 1.29 is 24.5 Å². The van der Waals surface area contributed by atoms with E-state index in [1.54, 1.807) is 12.4 Å². The quantitative estimate of drug-likeness (QED) is 0.167. The number of hydrogen-bond acceptors (Lipinski definition) is 7. The number of aliphatic hydroxyl groups excluding tert-OH is 1. The lowest BCUT2D eigenvalue weighted by Crippen LogP contribution is -2.42. The highest BCUT2D eigenvalue weighted by molar-refractivity contribution is 6.13. The van der Waals surface area contributed by atoms with Gasteiger partial charge >= 0.3 is 5.97 Å². The molecule has 0 aromatic rings. The van der Waals surface area contributed by atoms with Gasteiger partial charge in [-0.2, -0.15) is 5.48 Å². The lowest BCUT2D eigenvalue weighted by molar-refractivity contribution is -0.139. The molecular formula is C9H19ClN4O5. The smallest absolute Gasteiger partial charge is 0.343 e. The molecule has 0 saturated carbocycles. The molecule has 0 radical (unpaired) electrons. The number of rotatable bonds is 7. The molecule has 0 rings (SSSR count). The average Bonchev–Trinajstić information content (AvgIpc) is 2.39. The Kier molecular flexibility index (Phi) is 8.35. The lowest BCUT2D eigenvalue weighted by atomic mass is 10.0. The Labute approximate surface area is 115 Å². The molecule has 0 fully saturated rings. The van der Waals surface area contributed by atoms with Crippen molar-refractivity contribution in [2.45, 2.75) is 25.8 Å². The molecule has 9 nitrogen and oxygen atoms in total. The van der Waals surface area contributed by atoms with Crippen LogP contribution in [0.15, 0.2) is 4.99 Å². The maximum absolute atomic E-state index is 11.1. The van der Waals surface area contributed by atoms with Crippen molar-refractivity contribution in [1.29, 1.82) is 0 Å². The molecule has 19 heavy (non-hydrogen) atoms. The molecule has 2 atom stereocenters. The van der Waals surface area contributed by atoms with E-state index in [-0.39, 0.29) is 24.8 Å². The summed E-state index contributed by atoms with van der Waals surface area (Å²) in [6.07, 6.45) is -1.53. The zero-order valence-corrected chi connectivity index (χ0v) is 11.4. The molecule has 10 heteroatoms. The number of aliphatic hydroxyl groups is 2. The van der Waals surface area contributed by atoms with E-state index in [1.807, 2.05) is 0 Å². The van der Waals surface area contributed by atoms with Crippen molar-refractivity contribution in [2.24, 2.45) is 16.6 Å². The minimum atomic E-state index is -1.74. The van der Waals surface area contributed by atoms with Crippen LogP contribution in [0.4, 0.5) is 0 Å². The molecule has 0 amide bonds. The van der Waals surface area contributed by atoms with Gasteiger partial charge in [0.05, 0.1) is 0 Å². The number of guanidine groups is 1. The van der Waals surface area contributed by atoms with E-state index in [0.717, 1.165) is 4.90 Å². The molecule has 0 aliphatic carbocycles. The van der Waals surface area contributed by atoms with Crippen LogP contribution >= 0.6 is 11.9 Å². The average molecular weight is 299 g/mol. The second-order valence-electron chi connectivity index (χ2n) is 4.07. The van der Waals surface area contributed by atoms with E-state index < -0.39 is 18.4 Å². The van der Waals surface area contributed by atoms with Crippen molar-refractivity contribution in [3.05, 3.63) is 0 Å². The van der Waals surface area contributed by atoms with Gasteiger partial charge in [0, 0.05) is 13.6 Å². The summed E-state index contributed by atoms with van der Waals surface area (Å²) in [6.45, 7) is 1.98. The van der Waals surface area contributed by atoms with Gasteiger partial charge in [0.15, 0.2) is 5.96 Å². The normalized spacial score (nSPS) is 15.2. The maximum atomic E-state index is 11.1. The van der Waals surface area contributed by atoms with Crippen molar-refractivity contribution in [3.8, 4) is 0 Å². The highest BCUT2D eigenvalue weighted by atomic mass is 35.5. The number of hydrogen-bond donors (Lipinski definition) is 5. The van der Waals surface area contributed by atoms with Gasteiger partial charge in [-0.25, -0.2) is 4.79 Å². The van der Waals surface area contributed by atoms with Gasteiger partial charge in [0.25, 0.3) is 0 Å². The molecule has 2 unspecified atom stereocenters. The molecule has 0 aliphatic rings. The topological polar surface area (TPSA) is 141 Å². The second kappa shape index (κ2) is 8.88. The first-order valence-corrected chi connectivity index (χ1v) is 5.75. The van der Waals surface area contributed by atoms with Crippen LogP contribution in [0.5, 0.6) is 0 Å². The van der Waals surface area contributed by atoms with E-state index in [1.165, 1.54) is 7.05 Å². The summed E-state index contributed by atoms with van der Waals surface area (Å²) in [5.41, 5.74) is 7.28. The van der Waals surface area contributed by atoms with Crippen LogP contribution in [0, 0.1) is 5.92 Å². The maximum Gasteiger partial charge on any atom is 0.343 e. The zero-order chi connectivity index (χ0) is 15.0. The number of halogens is 1. The first-order chi connectivity index (χ1) is 8.83. The van der Waals surface area contributed by atoms with E-state index in [9.17, 15) is 4.79 Å². The molecule has 0 aliphatic heterocycles. The van der Waals surface area contributed by atoms with Crippen molar-refractivity contribution >= 4 is 23.8 Å². The molecule has 0 spiro atoms. The highest BCUT2D eigenvalue weighted by Gasteiger charge is 2.22. The summed E-state index contributed by atoms with van der Waals surface area (Å²) in [6, 6.07) is -0.968. The summed E-state index contributed by atoms with van der Waals surface area (Å²) in [5.74, 6) is -1.01. The number of nitrogens with zero attached hydrogens (tertiary/aromatic N) is 2. The van der Waals surface area contributed by atoms with Crippen LogP contribution in [0.3, 0.4) is 0 Å². The Hall–Kier alpha value is -1.13. The largest absolute Gasteiger partial charge is 0.370 e. The third kappa shape index (κ3) is 6.55. The summed E-state index contributed by atoms with van der Waals surface area (Å²) >= 11 is 4.90. The molecule has 0 heterocycles. The van der Waals surface area contributed by atoms with Crippen LogP contribution in [0.1, 0.15) is 13.3 Å². The molecule has 0 aromatic carbocycles. The Morgan fingerprint density at radius 2 is 2.16 bits per heavy atom. The number of nitrogens with two attached hydrogens (primary N) is 1. The number of carbonyl (C=O) groups is 1. The first-order valence-electron chi connectivity index (χ1n) is 5.44. The number of nitrogens with one attached hydrogen (secondary N) is 1. The van der Waals surface area contributed by atoms with Crippen LogP contribution < -0.4 is 11.2 Å². The van der Waals surface area contributed by atoms with E-state index >= 15 is 0 Å². The Morgan fingerprint density at radius 1 is 1.58 bits per heavy atom. The SMILES string of the molecule is CC(CN=C(N)N(C)C(O)O)CC(NO)C(=O)OCl. The second-order valence-corrected chi connectivity index (χ2v) is 4.23. The number of carbonyl (C=O) groups excluding carboxylic acids is 1. The van der Waals surface area contributed by atoms with Crippen LogP contribution in [0.25, 0.3) is 0 Å². The zero-order valence-electron chi connectivity index (χ0n) is 10.7. The minimum Gasteiger partial charge on any atom is -0.370 e. The standard InChI is InChI=1S/C9H19ClN4O5/c1-5(3-6(13-18)7(15)19-10)4-12-8(11)14(2)9(16)17/h5-6,9,13,16-18H,3-4H2,1-2H3,(H2,11,12). The number of aliphatic imine (C=N–C) groups is 1. The summed E-state index contributed by atoms with van der Waals surface area (Å²) in [5, 5.41) is 26.5. The van der Waals surface area contributed by atoms with E-state index in [2.05, 4.69) is 9.28 Å². The third-order valence-corrected chi connectivity index (χ3v) is 2.58. The van der Waals surface area contributed by atoms with Crippen LogP contribution in [0.2, 0.25) is 0 Å². The molecule has 6 N–H and O–H groups in total. The van der Waals surface area contributed by atoms with Crippen LogP contribution in [-0.2, 0) is 9.08 Å². The minimum absolute atomic E-state index is 0.0599. The molecular weight excluding hydrogens is 280 g/mol. The fourth-order valence-corrected chi connectivity index (χ4v) is 1.32. The molecule has 0 bridgehead atoms. The summed E-state index contributed by atoms with van der Waals surface area (Å²) in [4.78, 5) is 16.0. The number of hydroxylamine groups is 1. The summed E-state index contributed by atoms with van der Waals surface area (Å²) in [7, 11) is 1.36. The molecule has 0 aromatic heterocycles. The fourth-order valence-electron chi connectivity index (χ4n) is 1.21. The van der Waals surface area contributed by atoms with Crippen LogP contribution in [-0.4, -0.2) is 58.3 Å². The highest BCUT2D eigenvalue weighted by Crippen LogP contribution is 2.08.